The van der Waals surface area contributed by atoms with Gasteiger partial charge in [-0.1, -0.05) is 6.07 Å². The van der Waals surface area contributed by atoms with Crippen molar-refractivity contribution in [2.24, 2.45) is 0 Å². The van der Waals surface area contributed by atoms with Crippen LogP contribution < -0.4 is 0 Å². The molecule has 2 rings (SSSR count). The number of pyridine rings is 1. The van der Waals surface area contributed by atoms with E-state index in [2.05, 4.69) is 20.9 Å². The van der Waals surface area contributed by atoms with Gasteiger partial charge in [-0.3, -0.25) is 4.98 Å². The van der Waals surface area contributed by atoms with Gasteiger partial charge in [-0.25, -0.2) is 0 Å². The molecule has 0 aliphatic carbocycles. The molecule has 0 spiro atoms. The summed E-state index contributed by atoms with van der Waals surface area (Å²) in [4.78, 5) is 4.02. The molecule has 15 heavy (non-hydrogen) atoms. The van der Waals surface area contributed by atoms with Crippen LogP contribution in [0.4, 0.5) is 0 Å². The third kappa shape index (κ3) is 2.87. The third-order valence-corrected chi connectivity index (χ3v) is 3.65. The van der Waals surface area contributed by atoms with E-state index in [1.165, 1.54) is 0 Å². The van der Waals surface area contributed by atoms with Crippen molar-refractivity contribution >= 4 is 27.3 Å². The van der Waals surface area contributed by atoms with Gasteiger partial charge in [0.25, 0.3) is 0 Å². The lowest BCUT2D eigenvalue weighted by Crippen LogP contribution is -2.00. The number of hydrogen-bond acceptors (Lipinski definition) is 3. The number of rotatable bonds is 3. The highest BCUT2D eigenvalue weighted by Gasteiger charge is 2.10. The lowest BCUT2D eigenvalue weighted by Gasteiger charge is -2.07. The van der Waals surface area contributed by atoms with E-state index in [0.717, 1.165) is 14.9 Å². The van der Waals surface area contributed by atoms with E-state index in [1.807, 2.05) is 23.6 Å². The highest BCUT2D eigenvalue weighted by Crippen LogP contribution is 2.26. The zero-order chi connectivity index (χ0) is 10.7. The van der Waals surface area contributed by atoms with Crippen molar-refractivity contribution in [2.75, 3.05) is 0 Å². The Balaban J connectivity index is 2.07. The second-order valence-electron chi connectivity index (χ2n) is 3.27. The zero-order valence-corrected chi connectivity index (χ0v) is 10.3. The molecule has 0 bridgehead atoms. The van der Waals surface area contributed by atoms with Gasteiger partial charge < -0.3 is 5.11 Å². The average molecular weight is 284 g/mol. The molecule has 1 unspecified atom stereocenters. The first-order valence-corrected chi connectivity index (χ1v) is 6.24. The summed E-state index contributed by atoms with van der Waals surface area (Å²) in [5.41, 5.74) is 2.00. The predicted molar refractivity (Wildman–Crippen MR) is 64.9 cm³/mol. The molecule has 2 nitrogen and oxygen atoms in total. The molecule has 0 aliphatic rings. The molecule has 0 saturated heterocycles. The third-order valence-electron chi connectivity index (χ3n) is 2.12. The average Bonchev–Trinajstić information content (AvgIpc) is 2.66. The van der Waals surface area contributed by atoms with Crippen molar-refractivity contribution in [3.8, 4) is 0 Å². The second-order valence-corrected chi connectivity index (χ2v) is 5.56. The Hall–Kier alpha value is -0.710. The Morgan fingerprint density at radius 2 is 2.40 bits per heavy atom. The van der Waals surface area contributed by atoms with E-state index in [9.17, 15) is 5.11 Å². The van der Waals surface area contributed by atoms with Gasteiger partial charge in [-0.15, -0.1) is 11.3 Å². The lowest BCUT2D eigenvalue weighted by molar-refractivity contribution is 0.179. The van der Waals surface area contributed by atoms with Gasteiger partial charge in [-0.2, -0.15) is 0 Å². The molecule has 78 valence electrons. The van der Waals surface area contributed by atoms with Crippen molar-refractivity contribution in [1.29, 1.82) is 0 Å². The minimum Gasteiger partial charge on any atom is -0.388 e. The van der Waals surface area contributed by atoms with Crippen molar-refractivity contribution in [3.63, 3.8) is 0 Å². The SMILES string of the molecule is OC(Cc1cccnc1)c1csc(Br)c1. The fourth-order valence-electron chi connectivity index (χ4n) is 1.36. The van der Waals surface area contributed by atoms with Gasteiger partial charge in [0.1, 0.15) is 0 Å². The summed E-state index contributed by atoms with van der Waals surface area (Å²) < 4.78 is 1.04. The molecule has 0 amide bonds. The van der Waals surface area contributed by atoms with Gasteiger partial charge in [0, 0.05) is 18.8 Å². The highest BCUT2D eigenvalue weighted by molar-refractivity contribution is 9.11. The Kier molecular flexibility index (Phi) is 3.51. The maximum absolute atomic E-state index is 9.95. The Morgan fingerprint density at radius 1 is 1.53 bits per heavy atom. The maximum Gasteiger partial charge on any atom is 0.0839 e. The van der Waals surface area contributed by atoms with E-state index in [0.29, 0.717) is 6.42 Å². The largest absolute Gasteiger partial charge is 0.388 e. The Bertz CT molecular complexity index is 429. The number of nitrogens with zero attached hydrogens (tertiary/aromatic N) is 1. The minimum atomic E-state index is -0.447. The summed E-state index contributed by atoms with van der Waals surface area (Å²) in [6, 6.07) is 5.80. The van der Waals surface area contributed by atoms with Gasteiger partial charge >= 0.3 is 0 Å². The van der Waals surface area contributed by atoms with Crippen LogP contribution in [0, 0.1) is 0 Å². The predicted octanol–water partition coefficient (Wildman–Crippen LogP) is 3.18. The summed E-state index contributed by atoms with van der Waals surface area (Å²) in [7, 11) is 0. The summed E-state index contributed by atoms with van der Waals surface area (Å²) in [5, 5.41) is 11.9. The van der Waals surface area contributed by atoms with Crippen molar-refractivity contribution in [1.82, 2.24) is 4.98 Å². The molecule has 2 heterocycles. The van der Waals surface area contributed by atoms with Gasteiger partial charge in [0.05, 0.1) is 9.89 Å². The van der Waals surface area contributed by atoms with Gasteiger partial charge in [-0.05, 0) is 44.6 Å². The Morgan fingerprint density at radius 3 is 3.00 bits per heavy atom. The minimum absolute atomic E-state index is 0.447. The molecule has 0 saturated carbocycles. The van der Waals surface area contributed by atoms with Crippen LogP contribution in [0.1, 0.15) is 17.2 Å². The molecular weight excluding hydrogens is 274 g/mol. The smallest absolute Gasteiger partial charge is 0.0839 e. The molecule has 0 aliphatic heterocycles. The molecule has 0 aromatic carbocycles. The van der Waals surface area contributed by atoms with Crippen LogP contribution in [0.25, 0.3) is 0 Å². The van der Waals surface area contributed by atoms with E-state index < -0.39 is 6.10 Å². The number of aromatic nitrogens is 1. The van der Waals surface area contributed by atoms with Gasteiger partial charge in [0.2, 0.25) is 0 Å². The molecule has 1 atom stereocenters. The molecule has 1 N–H and O–H groups in total. The number of aliphatic hydroxyl groups is 1. The quantitative estimate of drug-likeness (QED) is 0.939. The number of thiophene rings is 1. The van der Waals surface area contributed by atoms with Gasteiger partial charge in [0.15, 0.2) is 0 Å². The van der Waals surface area contributed by atoms with Crippen LogP contribution in [0.5, 0.6) is 0 Å². The monoisotopic (exact) mass is 283 g/mol. The normalized spacial score (nSPS) is 12.7. The first-order valence-electron chi connectivity index (χ1n) is 4.56. The number of hydrogen-bond donors (Lipinski definition) is 1. The van der Waals surface area contributed by atoms with Crippen molar-refractivity contribution in [3.05, 3.63) is 50.9 Å². The first-order chi connectivity index (χ1) is 7.25. The fraction of sp³-hybridized carbons (Fsp3) is 0.182. The first kappa shape index (κ1) is 10.8. The van der Waals surface area contributed by atoms with Crippen LogP contribution in [-0.4, -0.2) is 10.1 Å². The molecule has 0 fully saturated rings. The van der Waals surface area contributed by atoms with Crippen LogP contribution in [-0.2, 0) is 6.42 Å². The fourth-order valence-corrected chi connectivity index (χ4v) is 2.58. The molecule has 4 heteroatoms. The second kappa shape index (κ2) is 4.88. The van der Waals surface area contributed by atoms with Crippen LogP contribution >= 0.6 is 27.3 Å². The standard InChI is InChI=1S/C11H10BrNOS/c12-11-5-9(7-15-11)10(14)4-8-2-1-3-13-6-8/h1-3,5-7,10,14H,4H2. The van der Waals surface area contributed by atoms with E-state index in [-0.39, 0.29) is 0 Å². The molecule has 2 aromatic heterocycles. The van der Waals surface area contributed by atoms with E-state index in [4.69, 9.17) is 0 Å². The topological polar surface area (TPSA) is 33.1 Å². The highest BCUT2D eigenvalue weighted by atomic mass is 79.9. The van der Waals surface area contributed by atoms with Crippen LogP contribution in [0.3, 0.4) is 0 Å². The maximum atomic E-state index is 9.95. The summed E-state index contributed by atoms with van der Waals surface area (Å²) >= 11 is 4.97. The van der Waals surface area contributed by atoms with Crippen LogP contribution in [0.2, 0.25) is 0 Å². The molecule has 2 aromatic rings. The number of halogens is 1. The van der Waals surface area contributed by atoms with E-state index in [1.54, 1.807) is 23.7 Å². The summed E-state index contributed by atoms with van der Waals surface area (Å²) in [5.74, 6) is 0. The Labute approximate surface area is 101 Å². The van der Waals surface area contributed by atoms with Crippen molar-refractivity contribution < 1.29 is 5.11 Å². The molecule has 0 radical (unpaired) electrons. The zero-order valence-electron chi connectivity index (χ0n) is 7.93. The summed E-state index contributed by atoms with van der Waals surface area (Å²) in [6.07, 6.45) is 3.68. The number of aliphatic hydroxyl groups excluding tert-OH is 1. The lowest BCUT2D eigenvalue weighted by atomic mass is 10.1. The van der Waals surface area contributed by atoms with E-state index >= 15 is 0 Å². The van der Waals surface area contributed by atoms with Crippen molar-refractivity contribution in [2.45, 2.75) is 12.5 Å². The summed E-state index contributed by atoms with van der Waals surface area (Å²) in [6.45, 7) is 0. The molecular formula is C11H10BrNOS. The van der Waals surface area contributed by atoms with Crippen LogP contribution in [0.15, 0.2) is 39.8 Å².